The lowest BCUT2D eigenvalue weighted by atomic mass is 9.94. The van der Waals surface area contributed by atoms with E-state index in [1.807, 2.05) is 19.9 Å². The van der Waals surface area contributed by atoms with Crippen LogP contribution in [0.4, 0.5) is 0 Å². The minimum Gasteiger partial charge on any atom is -0.349 e. The van der Waals surface area contributed by atoms with E-state index in [-0.39, 0.29) is 17.3 Å². The molecule has 2 rings (SSSR count). The quantitative estimate of drug-likeness (QED) is 0.867. The van der Waals surface area contributed by atoms with E-state index in [4.69, 9.17) is 11.6 Å². The van der Waals surface area contributed by atoms with Crippen LogP contribution in [0.5, 0.6) is 0 Å². The fraction of sp³-hybridized carbons (Fsp3) is 0.643. The topological polar surface area (TPSA) is 54.9 Å². The molecule has 1 heterocycles. The van der Waals surface area contributed by atoms with Crippen molar-refractivity contribution in [3.05, 3.63) is 23.0 Å². The van der Waals surface area contributed by atoms with Gasteiger partial charge < -0.3 is 5.32 Å². The normalized spacial score (nSPS) is 23.1. The first-order chi connectivity index (χ1) is 9.10. The average Bonchev–Trinajstić information content (AvgIpc) is 2.41. The van der Waals surface area contributed by atoms with Gasteiger partial charge in [-0.3, -0.25) is 4.79 Å². The maximum atomic E-state index is 12.3. The Labute approximate surface area is 118 Å². The van der Waals surface area contributed by atoms with Crippen molar-refractivity contribution in [3.8, 4) is 0 Å². The van der Waals surface area contributed by atoms with Gasteiger partial charge in [0.15, 0.2) is 0 Å². The summed E-state index contributed by atoms with van der Waals surface area (Å²) in [6, 6.07) is 2.05. The van der Waals surface area contributed by atoms with Crippen molar-refractivity contribution in [2.45, 2.75) is 57.4 Å². The van der Waals surface area contributed by atoms with Gasteiger partial charge in [0, 0.05) is 11.4 Å². The monoisotopic (exact) mass is 281 g/mol. The largest absolute Gasteiger partial charge is 0.349 e. The number of nitrogens with zero attached hydrogens (tertiary/aromatic N) is 2. The molecular weight excluding hydrogens is 262 g/mol. The molecule has 1 aromatic heterocycles. The van der Waals surface area contributed by atoms with Crippen LogP contribution in [0, 0.1) is 6.92 Å². The van der Waals surface area contributed by atoms with Crippen molar-refractivity contribution in [3.63, 3.8) is 0 Å². The molecule has 19 heavy (non-hydrogen) atoms. The Bertz CT molecular complexity index is 456. The second kappa shape index (κ2) is 6.33. The summed E-state index contributed by atoms with van der Waals surface area (Å²) < 4.78 is 0. The molecule has 1 amide bonds. The molecule has 4 nitrogen and oxygen atoms in total. The highest BCUT2D eigenvalue weighted by atomic mass is 35.5. The molecule has 1 saturated carbocycles. The van der Waals surface area contributed by atoms with Crippen LogP contribution in [-0.2, 0) is 6.42 Å². The number of hydrogen-bond acceptors (Lipinski definition) is 3. The maximum Gasteiger partial charge on any atom is 0.253 e. The Kier molecular flexibility index (Phi) is 4.75. The standard InChI is InChI=1S/C14H20ClN3O/c1-3-13-12(8-9(2)17-18-13)14(19)16-11-6-4-10(15)5-7-11/h8,10-11H,3-7H2,1-2H3,(H,16,19). The predicted octanol–water partition coefficient (Wildman–Crippen LogP) is 2.63. The van der Waals surface area contributed by atoms with E-state index >= 15 is 0 Å². The number of carbonyl (C=O) groups is 1. The zero-order valence-corrected chi connectivity index (χ0v) is 12.2. The third kappa shape index (κ3) is 3.66. The van der Waals surface area contributed by atoms with Gasteiger partial charge >= 0.3 is 0 Å². The molecule has 0 atom stereocenters. The Morgan fingerprint density at radius 2 is 2.05 bits per heavy atom. The lowest BCUT2D eigenvalue weighted by molar-refractivity contribution is 0.0926. The number of amides is 1. The summed E-state index contributed by atoms with van der Waals surface area (Å²) in [5.74, 6) is -0.0344. The molecule has 0 spiro atoms. The zero-order chi connectivity index (χ0) is 13.8. The number of aromatic nitrogens is 2. The van der Waals surface area contributed by atoms with E-state index in [1.165, 1.54) is 0 Å². The van der Waals surface area contributed by atoms with Crippen molar-refractivity contribution in [1.82, 2.24) is 15.5 Å². The smallest absolute Gasteiger partial charge is 0.253 e. The lowest BCUT2D eigenvalue weighted by Crippen LogP contribution is -2.38. The minimum absolute atomic E-state index is 0.0344. The SMILES string of the molecule is CCc1nnc(C)cc1C(=O)NC1CCC(Cl)CC1. The van der Waals surface area contributed by atoms with Crippen LogP contribution in [-0.4, -0.2) is 27.5 Å². The van der Waals surface area contributed by atoms with E-state index in [9.17, 15) is 4.79 Å². The van der Waals surface area contributed by atoms with Crippen LogP contribution >= 0.6 is 11.6 Å². The average molecular weight is 282 g/mol. The van der Waals surface area contributed by atoms with Gasteiger partial charge in [0.1, 0.15) is 0 Å². The minimum atomic E-state index is -0.0344. The molecule has 1 N–H and O–H groups in total. The van der Waals surface area contributed by atoms with Gasteiger partial charge in [0.05, 0.1) is 17.0 Å². The molecule has 1 aliphatic carbocycles. The van der Waals surface area contributed by atoms with Gasteiger partial charge in [-0.15, -0.1) is 11.6 Å². The molecular formula is C14H20ClN3O. The zero-order valence-electron chi connectivity index (χ0n) is 11.4. The molecule has 1 aliphatic rings. The number of carbonyl (C=O) groups excluding carboxylic acids is 1. The van der Waals surface area contributed by atoms with Crippen LogP contribution in [0.2, 0.25) is 0 Å². The lowest BCUT2D eigenvalue weighted by Gasteiger charge is -2.26. The molecule has 0 saturated heterocycles. The van der Waals surface area contributed by atoms with E-state index in [0.717, 1.165) is 37.1 Å². The molecule has 104 valence electrons. The molecule has 0 unspecified atom stereocenters. The molecule has 1 fully saturated rings. The second-order valence-corrected chi connectivity index (χ2v) is 5.74. The van der Waals surface area contributed by atoms with E-state index in [2.05, 4.69) is 15.5 Å². The number of hydrogen-bond donors (Lipinski definition) is 1. The number of alkyl halides is 1. The van der Waals surface area contributed by atoms with Crippen molar-refractivity contribution >= 4 is 17.5 Å². The van der Waals surface area contributed by atoms with Crippen molar-refractivity contribution < 1.29 is 4.79 Å². The highest BCUT2D eigenvalue weighted by molar-refractivity contribution is 6.20. The van der Waals surface area contributed by atoms with E-state index in [0.29, 0.717) is 12.0 Å². The first-order valence-corrected chi connectivity index (χ1v) is 7.32. The summed E-state index contributed by atoms with van der Waals surface area (Å²) in [4.78, 5) is 12.3. The summed E-state index contributed by atoms with van der Waals surface area (Å²) in [6.45, 7) is 3.83. The maximum absolute atomic E-state index is 12.3. The summed E-state index contributed by atoms with van der Waals surface area (Å²) in [5.41, 5.74) is 2.18. The first-order valence-electron chi connectivity index (χ1n) is 6.88. The molecule has 0 aliphatic heterocycles. The van der Waals surface area contributed by atoms with Crippen molar-refractivity contribution in [2.75, 3.05) is 0 Å². The third-order valence-corrected chi connectivity index (χ3v) is 4.00. The van der Waals surface area contributed by atoms with E-state index in [1.54, 1.807) is 0 Å². The van der Waals surface area contributed by atoms with Crippen LogP contribution in [0.15, 0.2) is 6.07 Å². The van der Waals surface area contributed by atoms with Gasteiger partial charge in [-0.25, -0.2) is 0 Å². The van der Waals surface area contributed by atoms with Crippen molar-refractivity contribution in [1.29, 1.82) is 0 Å². The van der Waals surface area contributed by atoms with Gasteiger partial charge in [-0.05, 0) is 45.1 Å². The van der Waals surface area contributed by atoms with Gasteiger partial charge in [-0.1, -0.05) is 6.92 Å². The molecule has 0 aromatic carbocycles. The van der Waals surface area contributed by atoms with E-state index < -0.39 is 0 Å². The number of nitrogens with one attached hydrogen (secondary N) is 1. The van der Waals surface area contributed by atoms with Gasteiger partial charge in [-0.2, -0.15) is 10.2 Å². The highest BCUT2D eigenvalue weighted by Gasteiger charge is 2.22. The highest BCUT2D eigenvalue weighted by Crippen LogP contribution is 2.23. The summed E-state index contributed by atoms with van der Waals surface area (Å²) in [7, 11) is 0. The number of halogens is 1. The molecule has 0 radical (unpaired) electrons. The Morgan fingerprint density at radius 1 is 1.37 bits per heavy atom. The predicted molar refractivity (Wildman–Crippen MR) is 75.5 cm³/mol. The summed E-state index contributed by atoms with van der Waals surface area (Å²) >= 11 is 6.07. The second-order valence-electron chi connectivity index (χ2n) is 5.12. The fourth-order valence-corrected chi connectivity index (χ4v) is 2.68. The Morgan fingerprint density at radius 3 is 2.68 bits per heavy atom. The van der Waals surface area contributed by atoms with Crippen LogP contribution in [0.1, 0.15) is 54.4 Å². The van der Waals surface area contributed by atoms with Crippen molar-refractivity contribution in [2.24, 2.45) is 0 Å². The molecule has 1 aromatic rings. The van der Waals surface area contributed by atoms with Crippen LogP contribution < -0.4 is 5.32 Å². The Hall–Kier alpha value is -1.16. The van der Waals surface area contributed by atoms with Crippen LogP contribution in [0.3, 0.4) is 0 Å². The summed E-state index contributed by atoms with van der Waals surface area (Å²) in [6.07, 6.45) is 4.57. The number of aryl methyl sites for hydroxylation is 2. The first kappa shape index (κ1) is 14.3. The Balaban J connectivity index is 2.05. The molecule has 5 heteroatoms. The number of rotatable bonds is 3. The third-order valence-electron chi connectivity index (χ3n) is 3.56. The van der Waals surface area contributed by atoms with Crippen LogP contribution in [0.25, 0.3) is 0 Å². The summed E-state index contributed by atoms with van der Waals surface area (Å²) in [5, 5.41) is 11.5. The fourth-order valence-electron chi connectivity index (χ4n) is 2.43. The molecule has 0 bridgehead atoms. The van der Waals surface area contributed by atoms with Gasteiger partial charge in [0.25, 0.3) is 5.91 Å². The van der Waals surface area contributed by atoms with Gasteiger partial charge in [0.2, 0.25) is 0 Å².